The standard InChI is InChI=1S/C13H25N5/c1-16(7-8-18-5-3-4-6-18)12(9-14)13-10-15-11-17(13)2/h10-12H,3-9,14H2,1-2H3. The predicted molar refractivity (Wildman–Crippen MR) is 73.3 cm³/mol. The van der Waals surface area contributed by atoms with E-state index >= 15 is 0 Å². The Kier molecular flexibility index (Phi) is 4.74. The van der Waals surface area contributed by atoms with E-state index in [-0.39, 0.29) is 6.04 Å². The zero-order valence-corrected chi connectivity index (χ0v) is 11.5. The first-order valence-corrected chi connectivity index (χ1v) is 6.81. The summed E-state index contributed by atoms with van der Waals surface area (Å²) in [6.07, 6.45) is 6.47. The summed E-state index contributed by atoms with van der Waals surface area (Å²) in [5, 5.41) is 0. The molecule has 0 radical (unpaired) electrons. The van der Waals surface area contributed by atoms with Gasteiger partial charge in [0.2, 0.25) is 0 Å². The number of likely N-dealkylation sites (tertiary alicyclic amines) is 1. The van der Waals surface area contributed by atoms with Crippen molar-refractivity contribution in [3.63, 3.8) is 0 Å². The van der Waals surface area contributed by atoms with Crippen LogP contribution in [0.25, 0.3) is 0 Å². The molecule has 1 aliphatic rings. The lowest BCUT2D eigenvalue weighted by atomic mass is 10.2. The Bertz CT molecular complexity index is 356. The van der Waals surface area contributed by atoms with Gasteiger partial charge in [-0.15, -0.1) is 0 Å². The summed E-state index contributed by atoms with van der Waals surface area (Å²) in [6.45, 7) is 5.35. The third-order valence-corrected chi connectivity index (χ3v) is 3.92. The average Bonchev–Trinajstić information content (AvgIpc) is 3.00. The van der Waals surface area contributed by atoms with E-state index in [1.165, 1.54) is 31.6 Å². The molecular formula is C13H25N5. The number of nitrogens with two attached hydrogens (primary N) is 1. The summed E-state index contributed by atoms with van der Waals surface area (Å²) in [5.41, 5.74) is 7.12. The lowest BCUT2D eigenvalue weighted by Crippen LogP contribution is -2.37. The quantitative estimate of drug-likeness (QED) is 0.797. The molecule has 102 valence electrons. The number of aromatic nitrogens is 2. The van der Waals surface area contributed by atoms with Crippen LogP contribution in [0.3, 0.4) is 0 Å². The van der Waals surface area contributed by atoms with Crippen molar-refractivity contribution in [3.8, 4) is 0 Å². The molecule has 5 nitrogen and oxygen atoms in total. The van der Waals surface area contributed by atoms with Gasteiger partial charge in [-0.05, 0) is 33.0 Å². The largest absolute Gasteiger partial charge is 0.336 e. The summed E-state index contributed by atoms with van der Waals surface area (Å²) in [5.74, 6) is 0. The first-order valence-electron chi connectivity index (χ1n) is 6.81. The van der Waals surface area contributed by atoms with E-state index in [9.17, 15) is 0 Å². The first kappa shape index (κ1) is 13.5. The van der Waals surface area contributed by atoms with Gasteiger partial charge in [-0.2, -0.15) is 0 Å². The molecule has 1 atom stereocenters. The molecule has 0 bridgehead atoms. The monoisotopic (exact) mass is 251 g/mol. The first-order chi connectivity index (χ1) is 8.72. The Morgan fingerprint density at radius 3 is 2.72 bits per heavy atom. The second-order valence-corrected chi connectivity index (χ2v) is 5.21. The number of nitrogens with zero attached hydrogens (tertiary/aromatic N) is 4. The van der Waals surface area contributed by atoms with Crippen molar-refractivity contribution in [2.24, 2.45) is 12.8 Å². The summed E-state index contributed by atoms with van der Waals surface area (Å²) in [4.78, 5) is 9.06. The molecule has 2 N–H and O–H groups in total. The molecule has 1 unspecified atom stereocenters. The highest BCUT2D eigenvalue weighted by molar-refractivity contribution is 5.05. The number of hydrogen-bond acceptors (Lipinski definition) is 4. The molecule has 0 saturated carbocycles. The van der Waals surface area contributed by atoms with Crippen molar-refractivity contribution < 1.29 is 0 Å². The van der Waals surface area contributed by atoms with Crippen molar-refractivity contribution in [3.05, 3.63) is 18.2 Å². The number of likely N-dealkylation sites (N-methyl/N-ethyl adjacent to an activating group) is 1. The maximum absolute atomic E-state index is 5.92. The van der Waals surface area contributed by atoms with E-state index in [1.54, 1.807) is 0 Å². The molecule has 2 heterocycles. The van der Waals surface area contributed by atoms with Gasteiger partial charge in [0.05, 0.1) is 18.1 Å². The van der Waals surface area contributed by atoms with Gasteiger partial charge < -0.3 is 15.2 Å². The van der Waals surface area contributed by atoms with Crippen molar-refractivity contribution in [2.75, 3.05) is 39.8 Å². The van der Waals surface area contributed by atoms with Gasteiger partial charge in [-0.1, -0.05) is 0 Å². The predicted octanol–water partition coefficient (Wildman–Crippen LogP) is 0.448. The van der Waals surface area contributed by atoms with Crippen LogP contribution < -0.4 is 5.73 Å². The summed E-state index contributed by atoms with van der Waals surface area (Å²) >= 11 is 0. The van der Waals surface area contributed by atoms with Crippen LogP contribution >= 0.6 is 0 Å². The van der Waals surface area contributed by atoms with Crippen LogP contribution in [0.2, 0.25) is 0 Å². The molecule has 1 aromatic heterocycles. The van der Waals surface area contributed by atoms with Crippen molar-refractivity contribution >= 4 is 0 Å². The van der Waals surface area contributed by atoms with Gasteiger partial charge in [0, 0.05) is 32.9 Å². The Morgan fingerprint density at radius 1 is 1.44 bits per heavy atom. The second kappa shape index (κ2) is 6.31. The van der Waals surface area contributed by atoms with Crippen molar-refractivity contribution in [1.82, 2.24) is 19.4 Å². The average molecular weight is 251 g/mol. The third kappa shape index (κ3) is 3.10. The van der Waals surface area contributed by atoms with Crippen LogP contribution in [0.1, 0.15) is 24.6 Å². The second-order valence-electron chi connectivity index (χ2n) is 5.21. The summed E-state index contributed by atoms with van der Waals surface area (Å²) in [7, 11) is 4.18. The van der Waals surface area contributed by atoms with E-state index in [1.807, 2.05) is 19.6 Å². The van der Waals surface area contributed by atoms with Crippen LogP contribution in [-0.4, -0.2) is 59.1 Å². The molecule has 2 rings (SSSR count). The molecule has 1 saturated heterocycles. The lowest BCUT2D eigenvalue weighted by Gasteiger charge is -2.28. The zero-order valence-electron chi connectivity index (χ0n) is 11.5. The fourth-order valence-corrected chi connectivity index (χ4v) is 2.68. The molecule has 0 aliphatic carbocycles. The normalized spacial score (nSPS) is 18.7. The maximum Gasteiger partial charge on any atom is 0.0946 e. The minimum atomic E-state index is 0.264. The number of rotatable bonds is 6. The van der Waals surface area contributed by atoms with Gasteiger partial charge >= 0.3 is 0 Å². The maximum atomic E-state index is 5.92. The minimum Gasteiger partial charge on any atom is -0.336 e. The lowest BCUT2D eigenvalue weighted by molar-refractivity contribution is 0.204. The molecule has 1 fully saturated rings. The minimum absolute atomic E-state index is 0.264. The van der Waals surface area contributed by atoms with Gasteiger partial charge in [0.1, 0.15) is 0 Å². The van der Waals surface area contributed by atoms with Gasteiger partial charge in [-0.25, -0.2) is 4.98 Å². The van der Waals surface area contributed by atoms with Crippen LogP contribution in [0, 0.1) is 0 Å². The van der Waals surface area contributed by atoms with E-state index < -0.39 is 0 Å². The van der Waals surface area contributed by atoms with Crippen LogP contribution in [0.4, 0.5) is 0 Å². The number of imidazole rings is 1. The van der Waals surface area contributed by atoms with E-state index in [2.05, 4.69) is 26.4 Å². The molecule has 5 heteroatoms. The summed E-state index contributed by atoms with van der Waals surface area (Å²) < 4.78 is 2.06. The van der Waals surface area contributed by atoms with Crippen LogP contribution in [-0.2, 0) is 7.05 Å². The Morgan fingerprint density at radius 2 is 2.17 bits per heavy atom. The fourth-order valence-electron chi connectivity index (χ4n) is 2.68. The molecule has 1 aliphatic heterocycles. The topological polar surface area (TPSA) is 50.3 Å². The highest BCUT2D eigenvalue weighted by Crippen LogP contribution is 2.17. The van der Waals surface area contributed by atoms with Crippen LogP contribution in [0.5, 0.6) is 0 Å². The molecule has 0 spiro atoms. The molecule has 1 aromatic rings. The smallest absolute Gasteiger partial charge is 0.0946 e. The van der Waals surface area contributed by atoms with Crippen molar-refractivity contribution in [2.45, 2.75) is 18.9 Å². The number of hydrogen-bond donors (Lipinski definition) is 1. The van der Waals surface area contributed by atoms with Gasteiger partial charge in [0.15, 0.2) is 0 Å². The van der Waals surface area contributed by atoms with E-state index in [4.69, 9.17) is 5.73 Å². The Balaban J connectivity index is 1.89. The van der Waals surface area contributed by atoms with E-state index in [0.29, 0.717) is 6.54 Å². The highest BCUT2D eigenvalue weighted by atomic mass is 15.2. The Hall–Kier alpha value is -0.910. The fraction of sp³-hybridized carbons (Fsp3) is 0.769. The SMILES string of the molecule is CN(CCN1CCCC1)C(CN)c1cncn1C. The van der Waals surface area contributed by atoms with Crippen LogP contribution in [0.15, 0.2) is 12.5 Å². The zero-order chi connectivity index (χ0) is 13.0. The third-order valence-electron chi connectivity index (χ3n) is 3.92. The molecule has 18 heavy (non-hydrogen) atoms. The van der Waals surface area contributed by atoms with Gasteiger partial charge in [0.25, 0.3) is 0 Å². The summed E-state index contributed by atoms with van der Waals surface area (Å²) in [6, 6.07) is 0.264. The van der Waals surface area contributed by atoms with Gasteiger partial charge in [-0.3, -0.25) is 4.90 Å². The molecule has 0 aromatic carbocycles. The number of aryl methyl sites for hydroxylation is 1. The highest BCUT2D eigenvalue weighted by Gasteiger charge is 2.19. The molecule has 0 amide bonds. The van der Waals surface area contributed by atoms with E-state index in [0.717, 1.165) is 13.1 Å². The molecular weight excluding hydrogens is 226 g/mol. The Labute approximate surface area is 110 Å². The van der Waals surface area contributed by atoms with Crippen molar-refractivity contribution in [1.29, 1.82) is 0 Å².